The van der Waals surface area contributed by atoms with E-state index in [0.717, 1.165) is 25.7 Å². The summed E-state index contributed by atoms with van der Waals surface area (Å²) in [4.78, 5) is 36.7. The summed E-state index contributed by atoms with van der Waals surface area (Å²) in [6.07, 6.45) is 3.13. The predicted molar refractivity (Wildman–Crippen MR) is 102 cm³/mol. The number of rotatable bonds is 7. The maximum atomic E-state index is 12.8. The summed E-state index contributed by atoms with van der Waals surface area (Å²) in [5.74, 6) is -2.43. The van der Waals surface area contributed by atoms with Crippen molar-refractivity contribution >= 4 is 17.8 Å². The molecule has 2 rings (SSSR count). The summed E-state index contributed by atoms with van der Waals surface area (Å²) in [6, 6.07) is 0. The van der Waals surface area contributed by atoms with E-state index in [-0.39, 0.29) is 6.42 Å². The van der Waals surface area contributed by atoms with E-state index in [4.69, 9.17) is 19.9 Å². The van der Waals surface area contributed by atoms with Crippen LogP contribution in [0, 0.1) is 11.3 Å². The first-order chi connectivity index (χ1) is 13.0. The minimum atomic E-state index is -1.26. The Kier molecular flexibility index (Phi) is 7.45. The van der Waals surface area contributed by atoms with E-state index in [1.807, 2.05) is 13.8 Å². The van der Waals surface area contributed by atoms with Gasteiger partial charge in [0.2, 0.25) is 5.91 Å². The van der Waals surface area contributed by atoms with Crippen LogP contribution in [0.1, 0.15) is 66.2 Å². The standard InChI is InChI=1S/C20H34N2O6/c1-19(2)12-26-20(3,4)28-16(19)18(25)27-14(10-15(21)23)17(24)22-11-13-8-6-5-7-9-13/h13-14,16H,5-12H2,1-4H3,(H2,21,23)(H,22,24)/t14?,16-/m0/s1. The van der Waals surface area contributed by atoms with Crippen LogP contribution in [0.5, 0.6) is 0 Å². The highest BCUT2D eigenvalue weighted by Crippen LogP contribution is 2.35. The van der Waals surface area contributed by atoms with Gasteiger partial charge in [-0.15, -0.1) is 0 Å². The Labute approximate surface area is 166 Å². The molecule has 160 valence electrons. The van der Waals surface area contributed by atoms with Gasteiger partial charge >= 0.3 is 5.97 Å². The Balaban J connectivity index is 2.00. The number of hydrogen-bond acceptors (Lipinski definition) is 6. The first kappa shape index (κ1) is 22.6. The lowest BCUT2D eigenvalue weighted by Gasteiger charge is -2.44. The molecule has 3 N–H and O–H groups in total. The molecule has 1 aliphatic carbocycles. The molecule has 0 spiro atoms. The van der Waals surface area contributed by atoms with Crippen LogP contribution in [0.3, 0.4) is 0 Å². The first-order valence-corrected chi connectivity index (χ1v) is 10.1. The van der Waals surface area contributed by atoms with E-state index in [1.165, 1.54) is 6.42 Å². The Bertz CT molecular complexity index is 583. The quantitative estimate of drug-likeness (QED) is 0.630. The number of hydrogen-bond donors (Lipinski definition) is 2. The molecule has 1 unspecified atom stereocenters. The molecule has 8 nitrogen and oxygen atoms in total. The van der Waals surface area contributed by atoms with Gasteiger partial charge in [-0.05, 0) is 32.6 Å². The van der Waals surface area contributed by atoms with Crippen LogP contribution in [0.25, 0.3) is 0 Å². The minimum absolute atomic E-state index is 0.300. The fraction of sp³-hybridized carbons (Fsp3) is 0.850. The highest BCUT2D eigenvalue weighted by Gasteiger charge is 2.47. The molecule has 2 atom stereocenters. The van der Waals surface area contributed by atoms with E-state index in [2.05, 4.69) is 5.32 Å². The highest BCUT2D eigenvalue weighted by atomic mass is 16.7. The Morgan fingerprint density at radius 1 is 1.14 bits per heavy atom. The molecule has 1 saturated heterocycles. The number of esters is 1. The molecule has 1 heterocycles. The highest BCUT2D eigenvalue weighted by molar-refractivity contribution is 5.89. The topological polar surface area (TPSA) is 117 Å². The molecule has 2 aliphatic rings. The molecule has 0 aromatic heterocycles. The first-order valence-electron chi connectivity index (χ1n) is 10.1. The van der Waals surface area contributed by atoms with Crippen LogP contribution in [-0.4, -0.2) is 48.9 Å². The third kappa shape index (κ3) is 6.44. The number of nitrogens with two attached hydrogens (primary N) is 1. The third-order valence-corrected chi connectivity index (χ3v) is 5.34. The van der Waals surface area contributed by atoms with Gasteiger partial charge in [0.15, 0.2) is 18.0 Å². The van der Waals surface area contributed by atoms with Crippen LogP contribution in [0.15, 0.2) is 0 Å². The number of primary amides is 1. The van der Waals surface area contributed by atoms with E-state index >= 15 is 0 Å². The van der Waals surface area contributed by atoms with Gasteiger partial charge in [0.05, 0.1) is 13.0 Å². The van der Waals surface area contributed by atoms with Gasteiger partial charge in [0.1, 0.15) is 0 Å². The summed E-state index contributed by atoms with van der Waals surface area (Å²) in [5.41, 5.74) is 4.62. The van der Waals surface area contributed by atoms with Gasteiger partial charge in [0, 0.05) is 12.0 Å². The smallest absolute Gasteiger partial charge is 0.336 e. The molecule has 2 fully saturated rings. The summed E-state index contributed by atoms with van der Waals surface area (Å²) >= 11 is 0. The average molecular weight is 399 g/mol. The normalized spacial score (nSPS) is 25.5. The summed E-state index contributed by atoms with van der Waals surface area (Å²) in [6.45, 7) is 7.87. The molecule has 2 amide bonds. The van der Waals surface area contributed by atoms with Crippen molar-refractivity contribution in [2.24, 2.45) is 17.1 Å². The molecule has 28 heavy (non-hydrogen) atoms. The second kappa shape index (κ2) is 9.22. The fourth-order valence-corrected chi connectivity index (χ4v) is 3.60. The zero-order valence-electron chi connectivity index (χ0n) is 17.4. The van der Waals surface area contributed by atoms with Gasteiger partial charge in [0.25, 0.3) is 5.91 Å². The lowest BCUT2D eigenvalue weighted by Crippen LogP contribution is -2.55. The second-order valence-corrected chi connectivity index (χ2v) is 9.02. The molecule has 1 saturated carbocycles. The van der Waals surface area contributed by atoms with E-state index < -0.39 is 41.2 Å². The average Bonchev–Trinajstić information content (AvgIpc) is 2.62. The van der Waals surface area contributed by atoms with Gasteiger partial charge in [-0.25, -0.2) is 4.79 Å². The molecule has 0 aromatic carbocycles. The Morgan fingerprint density at radius 3 is 2.39 bits per heavy atom. The summed E-state index contributed by atoms with van der Waals surface area (Å²) < 4.78 is 16.7. The maximum absolute atomic E-state index is 12.8. The van der Waals surface area contributed by atoms with Gasteiger partial charge in [-0.3, -0.25) is 9.59 Å². The number of amides is 2. The van der Waals surface area contributed by atoms with Crippen LogP contribution >= 0.6 is 0 Å². The number of carbonyl (C=O) groups is 3. The van der Waals surface area contributed by atoms with Crippen LogP contribution in [-0.2, 0) is 28.6 Å². The summed E-state index contributed by atoms with van der Waals surface area (Å²) in [5, 5.41) is 2.81. The van der Waals surface area contributed by atoms with Crippen LogP contribution < -0.4 is 11.1 Å². The SMILES string of the molecule is CC1(C)OCC(C)(C)[C@H](C(=O)OC(CC(N)=O)C(=O)NCC2CCCCC2)O1. The van der Waals surface area contributed by atoms with E-state index in [9.17, 15) is 14.4 Å². The van der Waals surface area contributed by atoms with Crippen LogP contribution in [0.2, 0.25) is 0 Å². The lowest BCUT2D eigenvalue weighted by molar-refractivity contribution is -0.309. The van der Waals surface area contributed by atoms with Crippen LogP contribution in [0.4, 0.5) is 0 Å². The molecule has 0 aromatic rings. The van der Waals surface area contributed by atoms with Crippen molar-refractivity contribution in [1.82, 2.24) is 5.32 Å². The molecule has 0 bridgehead atoms. The minimum Gasteiger partial charge on any atom is -0.450 e. The monoisotopic (exact) mass is 398 g/mol. The molecule has 0 radical (unpaired) electrons. The maximum Gasteiger partial charge on any atom is 0.336 e. The largest absolute Gasteiger partial charge is 0.450 e. The van der Waals surface area contributed by atoms with E-state index in [1.54, 1.807) is 13.8 Å². The van der Waals surface area contributed by atoms with Crippen molar-refractivity contribution in [1.29, 1.82) is 0 Å². The second-order valence-electron chi connectivity index (χ2n) is 9.02. The van der Waals surface area contributed by atoms with Crippen molar-refractivity contribution < 1.29 is 28.6 Å². The molecular formula is C20H34N2O6. The lowest BCUT2D eigenvalue weighted by atomic mass is 9.86. The Morgan fingerprint density at radius 2 is 1.79 bits per heavy atom. The van der Waals surface area contributed by atoms with Crippen molar-refractivity contribution in [3.05, 3.63) is 0 Å². The van der Waals surface area contributed by atoms with Gasteiger partial charge in [-0.1, -0.05) is 33.1 Å². The number of carbonyl (C=O) groups excluding carboxylic acids is 3. The fourth-order valence-electron chi connectivity index (χ4n) is 3.60. The summed E-state index contributed by atoms with van der Waals surface area (Å²) in [7, 11) is 0. The number of nitrogens with one attached hydrogen (secondary N) is 1. The zero-order chi connectivity index (χ0) is 20.9. The number of ether oxygens (including phenoxy) is 3. The molecular weight excluding hydrogens is 364 g/mol. The third-order valence-electron chi connectivity index (χ3n) is 5.34. The Hall–Kier alpha value is -1.67. The van der Waals surface area contributed by atoms with Gasteiger partial charge in [-0.2, -0.15) is 0 Å². The van der Waals surface area contributed by atoms with Gasteiger partial charge < -0.3 is 25.3 Å². The van der Waals surface area contributed by atoms with Crippen molar-refractivity contribution in [3.8, 4) is 0 Å². The van der Waals surface area contributed by atoms with Crippen molar-refractivity contribution in [2.75, 3.05) is 13.2 Å². The van der Waals surface area contributed by atoms with Crippen molar-refractivity contribution in [2.45, 2.75) is 84.2 Å². The zero-order valence-corrected chi connectivity index (χ0v) is 17.4. The molecule has 1 aliphatic heterocycles. The van der Waals surface area contributed by atoms with E-state index in [0.29, 0.717) is 19.1 Å². The van der Waals surface area contributed by atoms with Crippen molar-refractivity contribution in [3.63, 3.8) is 0 Å². The predicted octanol–water partition coefficient (Wildman–Crippen LogP) is 1.65. The molecule has 8 heteroatoms.